The maximum absolute atomic E-state index is 10.5. The molecule has 7 heteroatoms. The van der Waals surface area contributed by atoms with Crippen molar-refractivity contribution in [3.05, 3.63) is 52.3 Å². The van der Waals surface area contributed by atoms with Gasteiger partial charge in [0.15, 0.2) is 0 Å². The van der Waals surface area contributed by atoms with Crippen LogP contribution in [0.4, 0.5) is 5.95 Å². The molecule has 1 unspecified atom stereocenters. The van der Waals surface area contributed by atoms with Crippen molar-refractivity contribution in [3.8, 4) is 0 Å². The molecule has 0 aliphatic carbocycles. The van der Waals surface area contributed by atoms with E-state index in [2.05, 4.69) is 26.0 Å². The molecule has 1 atom stereocenters. The summed E-state index contributed by atoms with van der Waals surface area (Å²) >= 11 is 3.45. The van der Waals surface area contributed by atoms with Gasteiger partial charge in [0.1, 0.15) is 0 Å². The summed E-state index contributed by atoms with van der Waals surface area (Å²) in [5.41, 5.74) is 1.16. The Kier molecular flexibility index (Phi) is 4.03. The lowest BCUT2D eigenvalue weighted by Crippen LogP contribution is -2.11. The molecule has 0 bridgehead atoms. The molecule has 0 spiro atoms. The molecule has 6 nitrogen and oxygen atoms in total. The van der Waals surface area contributed by atoms with Crippen molar-refractivity contribution in [3.63, 3.8) is 0 Å². The largest absolute Gasteiger partial charge is 0.490 e. The minimum absolute atomic E-state index is 0.201. The Morgan fingerprint density at radius 3 is 2.67 bits per heavy atom. The van der Waals surface area contributed by atoms with Crippen LogP contribution in [-0.2, 0) is 6.54 Å². The minimum Gasteiger partial charge on any atom is -0.390 e. The Morgan fingerprint density at radius 2 is 2.11 bits per heavy atom. The Balaban J connectivity index is 2.13. The molecule has 2 rings (SSSR count). The summed E-state index contributed by atoms with van der Waals surface area (Å²) in [6, 6.07) is 9.94. The van der Waals surface area contributed by atoms with Crippen LogP contribution in [0.1, 0.15) is 11.5 Å². The van der Waals surface area contributed by atoms with Crippen molar-refractivity contribution >= 4 is 21.9 Å². The molecular weight excluding hydrogens is 300 g/mol. The number of aromatic nitrogens is 3. The van der Waals surface area contributed by atoms with Gasteiger partial charge >= 0.3 is 5.95 Å². The maximum atomic E-state index is 10.5. The number of rotatable bonds is 5. The van der Waals surface area contributed by atoms with Gasteiger partial charge in [-0.1, -0.05) is 51.2 Å². The number of alkyl halides is 1. The molecule has 0 N–H and O–H groups in total. The van der Waals surface area contributed by atoms with Gasteiger partial charge in [0, 0.05) is 16.3 Å². The summed E-state index contributed by atoms with van der Waals surface area (Å²) in [6.07, 6.45) is 1.39. The minimum atomic E-state index is -0.595. The molecule has 0 amide bonds. The molecule has 0 aliphatic rings. The molecule has 0 fully saturated rings. The molecule has 0 saturated heterocycles. The smallest absolute Gasteiger partial charge is 0.390 e. The molecule has 1 aromatic heterocycles. The first-order chi connectivity index (χ1) is 8.70. The van der Waals surface area contributed by atoms with Crippen molar-refractivity contribution in [2.45, 2.75) is 12.5 Å². The molecule has 18 heavy (non-hydrogen) atoms. The van der Waals surface area contributed by atoms with E-state index in [0.29, 0.717) is 6.54 Å². The van der Waals surface area contributed by atoms with Crippen LogP contribution in [0.3, 0.4) is 0 Å². The topological polar surface area (TPSA) is 73.8 Å². The van der Waals surface area contributed by atoms with Gasteiger partial charge in [-0.2, -0.15) is 4.68 Å². The van der Waals surface area contributed by atoms with E-state index < -0.39 is 4.92 Å². The normalized spacial score (nSPS) is 12.3. The Morgan fingerprint density at radius 1 is 1.39 bits per heavy atom. The number of hydrogen-bond acceptors (Lipinski definition) is 4. The van der Waals surface area contributed by atoms with Crippen LogP contribution in [0.25, 0.3) is 0 Å². The van der Waals surface area contributed by atoms with E-state index in [0.717, 1.165) is 10.9 Å². The van der Waals surface area contributed by atoms with Crippen molar-refractivity contribution < 1.29 is 4.92 Å². The zero-order chi connectivity index (χ0) is 13.0. The fraction of sp³-hybridized carbons (Fsp3) is 0.273. The predicted molar refractivity (Wildman–Crippen MR) is 69.7 cm³/mol. The highest BCUT2D eigenvalue weighted by Gasteiger charge is 2.17. The zero-order valence-electron chi connectivity index (χ0n) is 9.44. The van der Waals surface area contributed by atoms with E-state index in [9.17, 15) is 10.1 Å². The van der Waals surface area contributed by atoms with Gasteiger partial charge in [-0.25, -0.2) is 0 Å². The SMILES string of the molecule is O=[N+]([O-])c1ncn(CC(CBr)c2ccccc2)n1. The van der Waals surface area contributed by atoms with Gasteiger partial charge in [0.25, 0.3) is 0 Å². The highest BCUT2D eigenvalue weighted by Crippen LogP contribution is 2.20. The second-order valence-corrected chi connectivity index (χ2v) is 4.43. The molecule has 1 heterocycles. The second kappa shape index (κ2) is 5.72. The van der Waals surface area contributed by atoms with Crippen LogP contribution in [0.5, 0.6) is 0 Å². The first-order valence-corrected chi connectivity index (χ1v) is 6.47. The third kappa shape index (κ3) is 2.92. The lowest BCUT2D eigenvalue weighted by molar-refractivity contribution is -0.394. The molecule has 0 saturated carbocycles. The number of halogens is 1. The van der Waals surface area contributed by atoms with E-state index in [-0.39, 0.29) is 11.9 Å². The second-order valence-electron chi connectivity index (χ2n) is 3.79. The molecule has 0 radical (unpaired) electrons. The average molecular weight is 311 g/mol. The van der Waals surface area contributed by atoms with Crippen molar-refractivity contribution in [1.29, 1.82) is 0 Å². The van der Waals surface area contributed by atoms with Crippen LogP contribution < -0.4 is 0 Å². The summed E-state index contributed by atoms with van der Waals surface area (Å²) in [5, 5.41) is 15.1. The Labute approximate surface area is 112 Å². The quantitative estimate of drug-likeness (QED) is 0.483. The molecule has 0 aliphatic heterocycles. The van der Waals surface area contributed by atoms with Gasteiger partial charge < -0.3 is 10.1 Å². The standard InChI is InChI=1S/C11H11BrN4O2/c12-6-10(9-4-2-1-3-5-9)7-15-8-13-11(14-15)16(17)18/h1-5,8,10H,6-7H2. The lowest BCUT2D eigenvalue weighted by Gasteiger charge is -2.12. The van der Waals surface area contributed by atoms with Gasteiger partial charge in [-0.15, -0.1) is 0 Å². The lowest BCUT2D eigenvalue weighted by atomic mass is 10.0. The van der Waals surface area contributed by atoms with Crippen LogP contribution in [0.15, 0.2) is 36.7 Å². The van der Waals surface area contributed by atoms with Crippen molar-refractivity contribution in [2.24, 2.45) is 0 Å². The van der Waals surface area contributed by atoms with E-state index in [1.807, 2.05) is 30.3 Å². The summed E-state index contributed by atoms with van der Waals surface area (Å²) in [4.78, 5) is 13.5. The highest BCUT2D eigenvalue weighted by molar-refractivity contribution is 9.09. The summed E-state index contributed by atoms with van der Waals surface area (Å²) in [5.74, 6) is -0.163. The molecular formula is C11H11BrN4O2. The van der Waals surface area contributed by atoms with E-state index in [4.69, 9.17) is 0 Å². The third-order valence-corrected chi connectivity index (χ3v) is 3.33. The summed E-state index contributed by atoms with van der Waals surface area (Å²) in [6.45, 7) is 0.552. The first-order valence-electron chi connectivity index (χ1n) is 5.35. The van der Waals surface area contributed by atoms with Gasteiger partial charge in [-0.3, -0.25) is 0 Å². The van der Waals surface area contributed by atoms with Gasteiger partial charge in [0.2, 0.25) is 6.33 Å². The van der Waals surface area contributed by atoms with Gasteiger partial charge in [0.05, 0.1) is 6.54 Å². The van der Waals surface area contributed by atoms with Crippen LogP contribution in [0.2, 0.25) is 0 Å². The summed E-state index contributed by atoms with van der Waals surface area (Å²) in [7, 11) is 0. The predicted octanol–water partition coefficient (Wildman–Crippen LogP) is 2.37. The monoisotopic (exact) mass is 310 g/mol. The average Bonchev–Trinajstić information content (AvgIpc) is 2.86. The highest BCUT2D eigenvalue weighted by atomic mass is 79.9. The van der Waals surface area contributed by atoms with Crippen LogP contribution in [0, 0.1) is 10.1 Å². The summed E-state index contributed by atoms with van der Waals surface area (Å²) < 4.78 is 1.50. The number of hydrogen-bond donors (Lipinski definition) is 0. The fourth-order valence-corrected chi connectivity index (χ4v) is 2.23. The molecule has 2 aromatic rings. The van der Waals surface area contributed by atoms with E-state index in [1.54, 1.807) is 0 Å². The maximum Gasteiger partial charge on any atom is 0.490 e. The molecule has 1 aromatic carbocycles. The van der Waals surface area contributed by atoms with Crippen molar-refractivity contribution in [1.82, 2.24) is 14.8 Å². The van der Waals surface area contributed by atoms with Crippen molar-refractivity contribution in [2.75, 3.05) is 5.33 Å². The van der Waals surface area contributed by atoms with Crippen LogP contribution >= 0.6 is 15.9 Å². The molecule has 94 valence electrons. The Bertz CT molecular complexity index is 529. The Hall–Kier alpha value is -1.76. The van der Waals surface area contributed by atoms with E-state index in [1.165, 1.54) is 11.0 Å². The fourth-order valence-electron chi connectivity index (χ4n) is 1.65. The van der Waals surface area contributed by atoms with E-state index >= 15 is 0 Å². The van der Waals surface area contributed by atoms with Crippen LogP contribution in [-0.4, -0.2) is 25.0 Å². The zero-order valence-corrected chi connectivity index (χ0v) is 11.0. The van der Waals surface area contributed by atoms with Gasteiger partial charge in [-0.05, 0) is 10.5 Å². The number of benzene rings is 1. The third-order valence-electron chi connectivity index (χ3n) is 2.55. The first kappa shape index (κ1) is 12.7. The number of nitrogens with zero attached hydrogens (tertiary/aromatic N) is 4. The number of nitro groups is 1.